The first-order valence-electron chi connectivity index (χ1n) is 4.81. The van der Waals surface area contributed by atoms with Crippen molar-refractivity contribution in [1.82, 2.24) is 4.98 Å². The molecular formula is C12H8BrCl2NO. The van der Waals surface area contributed by atoms with E-state index in [0.29, 0.717) is 21.7 Å². The molecular weight excluding hydrogens is 325 g/mol. The number of ether oxygens (including phenoxy) is 1. The number of halogens is 3. The van der Waals surface area contributed by atoms with Crippen molar-refractivity contribution in [2.45, 2.75) is 6.92 Å². The Morgan fingerprint density at radius 3 is 2.71 bits per heavy atom. The van der Waals surface area contributed by atoms with Crippen LogP contribution in [0.4, 0.5) is 0 Å². The number of hydrogen-bond acceptors (Lipinski definition) is 2. The SMILES string of the molecule is Cc1ccc(Cl)cc1Oc1ncc(Br)cc1Cl. The summed E-state index contributed by atoms with van der Waals surface area (Å²) in [5.41, 5.74) is 0.968. The predicted molar refractivity (Wildman–Crippen MR) is 73.2 cm³/mol. The van der Waals surface area contributed by atoms with Gasteiger partial charge in [0.15, 0.2) is 0 Å². The molecule has 1 aromatic carbocycles. The van der Waals surface area contributed by atoms with Gasteiger partial charge in [0.05, 0.1) is 0 Å². The molecule has 0 fully saturated rings. The average molecular weight is 333 g/mol. The Bertz CT molecular complexity index is 560. The number of rotatable bonds is 2. The molecule has 0 saturated carbocycles. The van der Waals surface area contributed by atoms with Gasteiger partial charge in [-0.05, 0) is 46.6 Å². The van der Waals surface area contributed by atoms with Gasteiger partial charge in [0.2, 0.25) is 5.88 Å². The molecule has 2 rings (SSSR count). The van der Waals surface area contributed by atoms with E-state index in [9.17, 15) is 0 Å². The fourth-order valence-corrected chi connectivity index (χ4v) is 2.10. The van der Waals surface area contributed by atoms with Crippen molar-refractivity contribution in [3.05, 3.63) is 50.5 Å². The van der Waals surface area contributed by atoms with Gasteiger partial charge in [0.1, 0.15) is 10.8 Å². The highest BCUT2D eigenvalue weighted by Crippen LogP contribution is 2.32. The van der Waals surface area contributed by atoms with E-state index in [1.807, 2.05) is 13.0 Å². The third-order valence-corrected chi connectivity index (χ3v) is 3.07. The van der Waals surface area contributed by atoms with Gasteiger partial charge in [-0.2, -0.15) is 0 Å². The lowest BCUT2D eigenvalue weighted by Crippen LogP contribution is -1.91. The fourth-order valence-electron chi connectivity index (χ4n) is 1.27. The van der Waals surface area contributed by atoms with Crippen molar-refractivity contribution < 1.29 is 4.74 Å². The Morgan fingerprint density at radius 2 is 2.00 bits per heavy atom. The maximum absolute atomic E-state index is 6.02. The lowest BCUT2D eigenvalue weighted by Gasteiger charge is -2.09. The van der Waals surface area contributed by atoms with Crippen molar-refractivity contribution in [3.8, 4) is 11.6 Å². The highest BCUT2D eigenvalue weighted by molar-refractivity contribution is 9.10. The van der Waals surface area contributed by atoms with Crippen molar-refractivity contribution in [3.63, 3.8) is 0 Å². The molecule has 0 aliphatic carbocycles. The number of pyridine rings is 1. The van der Waals surface area contributed by atoms with Gasteiger partial charge in [-0.25, -0.2) is 4.98 Å². The first kappa shape index (κ1) is 12.7. The molecule has 1 heterocycles. The van der Waals surface area contributed by atoms with Gasteiger partial charge in [-0.15, -0.1) is 0 Å². The van der Waals surface area contributed by atoms with E-state index in [0.717, 1.165) is 10.0 Å². The molecule has 1 aromatic heterocycles. The first-order chi connectivity index (χ1) is 8.06. The van der Waals surface area contributed by atoms with E-state index in [1.165, 1.54) is 0 Å². The van der Waals surface area contributed by atoms with Crippen LogP contribution in [0.25, 0.3) is 0 Å². The zero-order chi connectivity index (χ0) is 12.4. The van der Waals surface area contributed by atoms with Crippen molar-refractivity contribution in [2.75, 3.05) is 0 Å². The molecule has 0 saturated heterocycles. The van der Waals surface area contributed by atoms with Crippen LogP contribution in [0.2, 0.25) is 10.0 Å². The van der Waals surface area contributed by atoms with E-state index in [2.05, 4.69) is 20.9 Å². The van der Waals surface area contributed by atoms with E-state index in [4.69, 9.17) is 27.9 Å². The molecule has 0 amide bonds. The van der Waals surface area contributed by atoms with Crippen molar-refractivity contribution in [1.29, 1.82) is 0 Å². The maximum Gasteiger partial charge on any atom is 0.238 e. The second kappa shape index (κ2) is 5.25. The number of aryl methyl sites for hydroxylation is 1. The summed E-state index contributed by atoms with van der Waals surface area (Å²) in [5.74, 6) is 1.01. The summed E-state index contributed by atoms with van der Waals surface area (Å²) >= 11 is 15.2. The summed E-state index contributed by atoms with van der Waals surface area (Å²) in [7, 11) is 0. The Labute approximate surface area is 118 Å². The van der Waals surface area contributed by atoms with E-state index in [-0.39, 0.29) is 0 Å². The molecule has 17 heavy (non-hydrogen) atoms. The average Bonchev–Trinajstić information content (AvgIpc) is 2.27. The van der Waals surface area contributed by atoms with Gasteiger partial charge in [0.25, 0.3) is 0 Å². The van der Waals surface area contributed by atoms with Crippen LogP contribution < -0.4 is 4.74 Å². The van der Waals surface area contributed by atoms with Crippen LogP contribution >= 0.6 is 39.1 Å². The second-order valence-corrected chi connectivity index (χ2v) is 5.21. The monoisotopic (exact) mass is 331 g/mol. The normalized spacial score (nSPS) is 10.4. The Balaban J connectivity index is 2.34. The largest absolute Gasteiger partial charge is 0.437 e. The topological polar surface area (TPSA) is 22.1 Å². The number of aromatic nitrogens is 1. The predicted octanol–water partition coefficient (Wildman–Crippen LogP) is 5.25. The lowest BCUT2D eigenvalue weighted by molar-refractivity contribution is 0.459. The molecule has 0 unspecified atom stereocenters. The second-order valence-electron chi connectivity index (χ2n) is 3.45. The molecule has 0 aliphatic heterocycles. The van der Waals surface area contributed by atoms with E-state index >= 15 is 0 Å². The quantitative estimate of drug-likeness (QED) is 0.749. The number of benzene rings is 1. The fraction of sp³-hybridized carbons (Fsp3) is 0.0833. The standard InChI is InChI=1S/C12H8BrCl2NO/c1-7-2-3-9(14)5-11(7)17-12-10(15)4-8(13)6-16-12/h2-6H,1H3. The summed E-state index contributed by atoms with van der Waals surface area (Å²) < 4.78 is 6.43. The van der Waals surface area contributed by atoms with Gasteiger partial charge >= 0.3 is 0 Å². The smallest absolute Gasteiger partial charge is 0.238 e. The third-order valence-electron chi connectivity index (χ3n) is 2.13. The lowest BCUT2D eigenvalue weighted by atomic mass is 10.2. The van der Waals surface area contributed by atoms with Crippen LogP contribution in [0, 0.1) is 6.92 Å². The third kappa shape index (κ3) is 3.12. The minimum atomic E-state index is 0.361. The van der Waals surface area contributed by atoms with Crippen LogP contribution in [-0.2, 0) is 0 Å². The van der Waals surface area contributed by atoms with Crippen LogP contribution in [-0.4, -0.2) is 4.98 Å². The maximum atomic E-state index is 6.02. The molecule has 0 atom stereocenters. The van der Waals surface area contributed by atoms with Gasteiger partial charge in [-0.1, -0.05) is 29.3 Å². The minimum Gasteiger partial charge on any atom is -0.437 e. The Morgan fingerprint density at radius 1 is 1.24 bits per heavy atom. The summed E-state index contributed by atoms with van der Waals surface area (Å²) in [4.78, 5) is 4.10. The number of nitrogens with zero attached hydrogens (tertiary/aromatic N) is 1. The zero-order valence-corrected chi connectivity index (χ0v) is 12.0. The van der Waals surface area contributed by atoms with Gasteiger partial charge < -0.3 is 4.74 Å². The summed E-state index contributed by atoms with van der Waals surface area (Å²) in [6.45, 7) is 1.93. The summed E-state index contributed by atoms with van der Waals surface area (Å²) in [6, 6.07) is 7.14. The molecule has 0 aliphatic rings. The molecule has 0 N–H and O–H groups in total. The molecule has 2 aromatic rings. The van der Waals surface area contributed by atoms with Crippen LogP contribution in [0.1, 0.15) is 5.56 Å². The Kier molecular flexibility index (Phi) is 3.92. The van der Waals surface area contributed by atoms with Crippen molar-refractivity contribution >= 4 is 39.1 Å². The summed E-state index contributed by atoms with van der Waals surface area (Å²) in [6.07, 6.45) is 1.63. The van der Waals surface area contributed by atoms with Crippen molar-refractivity contribution in [2.24, 2.45) is 0 Å². The van der Waals surface area contributed by atoms with Crippen LogP contribution in [0.3, 0.4) is 0 Å². The molecule has 0 bridgehead atoms. The zero-order valence-electron chi connectivity index (χ0n) is 8.88. The highest BCUT2D eigenvalue weighted by atomic mass is 79.9. The first-order valence-corrected chi connectivity index (χ1v) is 6.36. The highest BCUT2D eigenvalue weighted by Gasteiger charge is 2.08. The molecule has 5 heteroatoms. The Hall–Kier alpha value is -0.770. The minimum absolute atomic E-state index is 0.361. The molecule has 2 nitrogen and oxygen atoms in total. The van der Waals surface area contributed by atoms with Crippen LogP contribution in [0.15, 0.2) is 34.9 Å². The number of hydrogen-bond donors (Lipinski definition) is 0. The molecule has 0 spiro atoms. The molecule has 88 valence electrons. The van der Waals surface area contributed by atoms with E-state index < -0.39 is 0 Å². The van der Waals surface area contributed by atoms with E-state index in [1.54, 1.807) is 24.4 Å². The van der Waals surface area contributed by atoms with Gasteiger partial charge in [-0.3, -0.25) is 0 Å². The molecule has 0 radical (unpaired) electrons. The van der Waals surface area contributed by atoms with Crippen LogP contribution in [0.5, 0.6) is 11.6 Å². The van der Waals surface area contributed by atoms with Gasteiger partial charge in [0, 0.05) is 15.7 Å². The summed E-state index contributed by atoms with van der Waals surface area (Å²) in [5, 5.41) is 1.05.